The van der Waals surface area contributed by atoms with Crippen molar-refractivity contribution in [2.45, 2.75) is 27.7 Å². The molecule has 0 bridgehead atoms. The van der Waals surface area contributed by atoms with Crippen LogP contribution in [0.4, 0.5) is 11.4 Å². The Morgan fingerprint density at radius 1 is 0.973 bits per heavy atom. The van der Waals surface area contributed by atoms with E-state index in [0.717, 1.165) is 22.4 Å². The first-order chi connectivity index (χ1) is 17.7. The van der Waals surface area contributed by atoms with Crippen molar-refractivity contribution in [3.63, 3.8) is 0 Å². The van der Waals surface area contributed by atoms with Crippen molar-refractivity contribution >= 4 is 51.9 Å². The predicted octanol–water partition coefficient (Wildman–Crippen LogP) is 6.18. The number of nitrogens with one attached hydrogen (secondary N) is 2. The lowest BCUT2D eigenvalue weighted by Crippen LogP contribution is -2.21. The van der Waals surface area contributed by atoms with Crippen LogP contribution in [0.15, 0.2) is 60.2 Å². The molecule has 0 aliphatic rings. The van der Waals surface area contributed by atoms with Gasteiger partial charge in [0.1, 0.15) is 11.6 Å². The number of anilines is 2. The fourth-order valence-electron chi connectivity index (χ4n) is 3.57. The van der Waals surface area contributed by atoms with Gasteiger partial charge in [-0.25, -0.2) is 0 Å². The maximum absolute atomic E-state index is 12.7. The lowest BCUT2D eigenvalue weighted by Gasteiger charge is -2.15. The molecule has 2 N–H and O–H groups in total. The second-order valence-electron chi connectivity index (χ2n) is 8.36. The number of para-hydroxylation sites is 1. The highest BCUT2D eigenvalue weighted by Gasteiger charge is 2.16. The number of rotatable bonds is 9. The van der Waals surface area contributed by atoms with E-state index in [1.807, 2.05) is 70.2 Å². The van der Waals surface area contributed by atoms with Gasteiger partial charge in [-0.2, -0.15) is 5.26 Å². The van der Waals surface area contributed by atoms with Crippen LogP contribution in [0.1, 0.15) is 29.2 Å². The molecule has 0 saturated carbocycles. The van der Waals surface area contributed by atoms with Crippen LogP contribution in [0.2, 0.25) is 0 Å². The van der Waals surface area contributed by atoms with Gasteiger partial charge in [0.15, 0.2) is 18.1 Å². The van der Waals surface area contributed by atoms with Gasteiger partial charge in [0, 0.05) is 11.4 Å². The van der Waals surface area contributed by atoms with E-state index in [-0.39, 0.29) is 18.1 Å². The summed E-state index contributed by atoms with van der Waals surface area (Å²) in [5.41, 5.74) is 4.88. The van der Waals surface area contributed by atoms with Gasteiger partial charge in [0.25, 0.3) is 11.8 Å². The van der Waals surface area contributed by atoms with Gasteiger partial charge in [-0.1, -0.05) is 35.9 Å². The molecular weight excluding hydrogens is 581 g/mol. The summed E-state index contributed by atoms with van der Waals surface area (Å²) in [7, 11) is 0. The Balaban J connectivity index is 1.78. The Hall–Kier alpha value is -3.84. The normalized spacial score (nSPS) is 10.9. The summed E-state index contributed by atoms with van der Waals surface area (Å²) in [6.07, 6.45) is 1.49. The van der Waals surface area contributed by atoms with Crippen LogP contribution in [0.5, 0.6) is 11.5 Å². The van der Waals surface area contributed by atoms with Gasteiger partial charge >= 0.3 is 0 Å². The van der Waals surface area contributed by atoms with E-state index in [1.165, 1.54) is 6.08 Å². The van der Waals surface area contributed by atoms with Gasteiger partial charge in [0.05, 0.1) is 10.2 Å². The van der Waals surface area contributed by atoms with Crippen molar-refractivity contribution < 1.29 is 19.1 Å². The highest BCUT2D eigenvalue weighted by molar-refractivity contribution is 14.1. The molecule has 0 aliphatic carbocycles. The van der Waals surface area contributed by atoms with E-state index in [2.05, 4.69) is 33.2 Å². The van der Waals surface area contributed by atoms with Gasteiger partial charge in [-0.15, -0.1) is 0 Å². The van der Waals surface area contributed by atoms with E-state index >= 15 is 0 Å². The Morgan fingerprint density at radius 3 is 2.38 bits per heavy atom. The Kier molecular flexibility index (Phi) is 9.69. The largest absolute Gasteiger partial charge is 0.490 e. The summed E-state index contributed by atoms with van der Waals surface area (Å²) in [4.78, 5) is 25.3. The van der Waals surface area contributed by atoms with E-state index in [0.29, 0.717) is 32.9 Å². The molecule has 0 unspecified atom stereocenters. The number of hydrogen-bond acceptors (Lipinski definition) is 5. The Morgan fingerprint density at radius 2 is 1.70 bits per heavy atom. The number of hydrogen-bond donors (Lipinski definition) is 2. The Labute approximate surface area is 230 Å². The van der Waals surface area contributed by atoms with E-state index < -0.39 is 5.91 Å². The molecule has 7 nitrogen and oxygen atoms in total. The number of nitrogens with zero attached hydrogens (tertiary/aromatic N) is 1. The molecule has 0 spiro atoms. The molecule has 2 amide bonds. The SMILES string of the molecule is CCOc1cc(/C=C(/C#N)C(=O)Nc2ccccc2C)cc(I)c1OCC(=O)Nc1ccc(C)cc1C. The third-order valence-corrected chi connectivity index (χ3v) is 6.21. The zero-order chi connectivity index (χ0) is 26.9. The summed E-state index contributed by atoms with van der Waals surface area (Å²) in [5.74, 6) is 0.0248. The van der Waals surface area contributed by atoms with Crippen LogP contribution in [0, 0.1) is 35.7 Å². The smallest absolute Gasteiger partial charge is 0.266 e. The zero-order valence-electron chi connectivity index (χ0n) is 21.1. The van der Waals surface area contributed by atoms with Crippen molar-refractivity contribution in [1.82, 2.24) is 0 Å². The first-order valence-electron chi connectivity index (χ1n) is 11.7. The van der Waals surface area contributed by atoms with Crippen LogP contribution in [-0.4, -0.2) is 25.0 Å². The van der Waals surface area contributed by atoms with Crippen LogP contribution >= 0.6 is 22.6 Å². The standard InChI is InChI=1S/C29H28IN3O4/c1-5-36-26-15-21(13-22(16-31)29(35)33-24-9-7-6-8-19(24)3)14-23(30)28(26)37-17-27(34)32-25-11-10-18(2)12-20(25)4/h6-15H,5,17H2,1-4H3,(H,32,34)(H,33,35)/b22-13-. The molecule has 3 rings (SSSR count). The number of benzene rings is 3. The highest BCUT2D eigenvalue weighted by Crippen LogP contribution is 2.35. The molecular formula is C29H28IN3O4. The highest BCUT2D eigenvalue weighted by atomic mass is 127. The van der Waals surface area contributed by atoms with E-state index in [1.54, 1.807) is 18.2 Å². The molecule has 37 heavy (non-hydrogen) atoms. The minimum absolute atomic E-state index is 0.0528. The second-order valence-corrected chi connectivity index (χ2v) is 9.52. The second kappa shape index (κ2) is 12.9. The van der Waals surface area contributed by atoms with Gasteiger partial charge in [0.2, 0.25) is 0 Å². The first-order valence-corrected chi connectivity index (χ1v) is 12.7. The average molecular weight is 609 g/mol. The summed E-state index contributed by atoms with van der Waals surface area (Å²) < 4.78 is 12.3. The van der Waals surface area contributed by atoms with Crippen LogP contribution < -0.4 is 20.1 Å². The third kappa shape index (κ3) is 7.57. The van der Waals surface area contributed by atoms with Gasteiger partial charge < -0.3 is 20.1 Å². The molecule has 8 heteroatoms. The van der Waals surface area contributed by atoms with Crippen LogP contribution in [0.25, 0.3) is 6.08 Å². The lowest BCUT2D eigenvalue weighted by atomic mass is 10.1. The fraction of sp³-hybridized carbons (Fsp3) is 0.207. The lowest BCUT2D eigenvalue weighted by molar-refractivity contribution is -0.118. The average Bonchev–Trinajstić information content (AvgIpc) is 2.85. The first kappa shape index (κ1) is 27.7. The molecule has 3 aromatic carbocycles. The van der Waals surface area contributed by atoms with Gasteiger partial charge in [-0.05, 0) is 97.3 Å². The maximum atomic E-state index is 12.7. The molecule has 190 valence electrons. The molecule has 0 aliphatic heterocycles. The predicted molar refractivity (Wildman–Crippen MR) is 154 cm³/mol. The van der Waals surface area contributed by atoms with Crippen LogP contribution in [0.3, 0.4) is 0 Å². The van der Waals surface area contributed by atoms with Crippen molar-refractivity contribution in [3.8, 4) is 17.6 Å². The number of ether oxygens (including phenoxy) is 2. The molecule has 3 aromatic rings. The molecule has 0 fully saturated rings. The van der Waals surface area contributed by atoms with E-state index in [4.69, 9.17) is 9.47 Å². The van der Waals surface area contributed by atoms with Gasteiger partial charge in [-0.3, -0.25) is 9.59 Å². The molecule has 0 saturated heterocycles. The fourth-order valence-corrected chi connectivity index (χ4v) is 4.35. The molecule has 0 heterocycles. The number of carbonyl (C=O) groups excluding carboxylic acids is 2. The summed E-state index contributed by atoms with van der Waals surface area (Å²) in [6.45, 7) is 7.80. The molecule has 0 radical (unpaired) electrons. The minimum Gasteiger partial charge on any atom is -0.490 e. The minimum atomic E-state index is -0.506. The quantitative estimate of drug-likeness (QED) is 0.172. The number of aryl methyl sites for hydroxylation is 3. The number of halogens is 1. The molecule has 0 aromatic heterocycles. The third-order valence-electron chi connectivity index (χ3n) is 5.40. The van der Waals surface area contributed by atoms with Crippen molar-refractivity contribution in [1.29, 1.82) is 5.26 Å². The topological polar surface area (TPSA) is 100 Å². The van der Waals surface area contributed by atoms with Crippen LogP contribution in [-0.2, 0) is 9.59 Å². The maximum Gasteiger partial charge on any atom is 0.266 e. The monoisotopic (exact) mass is 609 g/mol. The number of amides is 2. The Bertz CT molecular complexity index is 1390. The van der Waals surface area contributed by atoms with Crippen molar-refractivity contribution in [2.75, 3.05) is 23.8 Å². The van der Waals surface area contributed by atoms with Crippen molar-refractivity contribution in [2.24, 2.45) is 0 Å². The molecule has 0 atom stereocenters. The zero-order valence-corrected chi connectivity index (χ0v) is 23.3. The van der Waals surface area contributed by atoms with E-state index in [9.17, 15) is 14.9 Å². The number of carbonyl (C=O) groups is 2. The summed E-state index contributed by atoms with van der Waals surface area (Å²) in [6, 6.07) is 18.6. The van der Waals surface area contributed by atoms with Crippen molar-refractivity contribution in [3.05, 3.63) is 86.0 Å². The number of nitriles is 1. The summed E-state index contributed by atoms with van der Waals surface area (Å²) >= 11 is 2.08. The summed E-state index contributed by atoms with van der Waals surface area (Å²) in [5, 5.41) is 15.3.